The van der Waals surface area contributed by atoms with Crippen LogP contribution in [-0.4, -0.2) is 11.8 Å². The van der Waals surface area contributed by atoms with Crippen molar-refractivity contribution in [2.75, 3.05) is 0 Å². The molecule has 2 aromatic rings. The third-order valence-corrected chi connectivity index (χ3v) is 3.26. The van der Waals surface area contributed by atoms with E-state index in [1.54, 1.807) is 0 Å². The minimum atomic E-state index is 0.501. The van der Waals surface area contributed by atoms with Crippen LogP contribution in [0.5, 0.6) is 0 Å². The summed E-state index contributed by atoms with van der Waals surface area (Å²) < 4.78 is 0. The molecule has 1 heterocycles. The molecule has 80 valence electrons. The first-order valence-electron chi connectivity index (χ1n) is 5.89. The Labute approximate surface area is 95.8 Å². The van der Waals surface area contributed by atoms with Crippen molar-refractivity contribution in [1.82, 2.24) is 0 Å². The van der Waals surface area contributed by atoms with Gasteiger partial charge in [0, 0.05) is 11.8 Å². The molecule has 1 heteroatoms. The van der Waals surface area contributed by atoms with E-state index in [1.165, 1.54) is 28.5 Å². The lowest BCUT2D eigenvalue weighted by atomic mass is 10.0. The minimum Gasteiger partial charge on any atom is -0.286 e. The molecule has 2 aromatic carbocycles. The van der Waals surface area contributed by atoms with Gasteiger partial charge in [-0.1, -0.05) is 36.4 Å². The van der Waals surface area contributed by atoms with Crippen molar-refractivity contribution in [3.05, 3.63) is 48.0 Å². The minimum absolute atomic E-state index is 0.501. The molecular formula is C15H15N. The first-order valence-corrected chi connectivity index (χ1v) is 5.89. The highest BCUT2D eigenvalue weighted by molar-refractivity contribution is 6.04. The van der Waals surface area contributed by atoms with E-state index in [1.807, 2.05) is 0 Å². The first-order chi connectivity index (χ1) is 7.83. The second-order valence-electron chi connectivity index (χ2n) is 4.53. The van der Waals surface area contributed by atoms with E-state index in [0.717, 1.165) is 6.42 Å². The van der Waals surface area contributed by atoms with Crippen molar-refractivity contribution in [2.24, 2.45) is 4.99 Å². The van der Waals surface area contributed by atoms with Gasteiger partial charge in [0.15, 0.2) is 0 Å². The van der Waals surface area contributed by atoms with Gasteiger partial charge >= 0.3 is 0 Å². The van der Waals surface area contributed by atoms with E-state index < -0.39 is 0 Å². The zero-order chi connectivity index (χ0) is 11.0. The maximum Gasteiger partial charge on any atom is 0.0478 e. The van der Waals surface area contributed by atoms with Gasteiger partial charge in [0.05, 0.1) is 0 Å². The van der Waals surface area contributed by atoms with Crippen LogP contribution >= 0.6 is 0 Å². The van der Waals surface area contributed by atoms with Gasteiger partial charge in [0.25, 0.3) is 0 Å². The van der Waals surface area contributed by atoms with Crippen LogP contribution in [0.15, 0.2) is 47.5 Å². The molecule has 3 rings (SSSR count). The highest BCUT2D eigenvalue weighted by Crippen LogP contribution is 2.21. The lowest BCUT2D eigenvalue weighted by molar-refractivity contribution is 0.739. The standard InChI is InChI=1S/C15H15N/c1-11-6-9-15(16-11)14-8-7-12-4-2-3-5-13(12)10-14/h2-5,7-8,10-11H,6,9H2,1H3. The van der Waals surface area contributed by atoms with E-state index in [0.29, 0.717) is 6.04 Å². The van der Waals surface area contributed by atoms with Gasteiger partial charge in [0.2, 0.25) is 0 Å². The summed E-state index contributed by atoms with van der Waals surface area (Å²) in [5, 5.41) is 2.61. The van der Waals surface area contributed by atoms with Gasteiger partial charge in [-0.25, -0.2) is 0 Å². The third-order valence-electron chi connectivity index (χ3n) is 3.26. The van der Waals surface area contributed by atoms with Crippen molar-refractivity contribution >= 4 is 16.5 Å². The molecule has 1 atom stereocenters. The van der Waals surface area contributed by atoms with Crippen molar-refractivity contribution in [2.45, 2.75) is 25.8 Å². The summed E-state index contributed by atoms with van der Waals surface area (Å²) in [4.78, 5) is 4.68. The Kier molecular flexibility index (Phi) is 2.24. The second-order valence-corrected chi connectivity index (χ2v) is 4.53. The number of hydrogen-bond acceptors (Lipinski definition) is 1. The van der Waals surface area contributed by atoms with Crippen LogP contribution in [0, 0.1) is 0 Å². The van der Waals surface area contributed by atoms with Crippen LogP contribution in [0.1, 0.15) is 25.3 Å². The van der Waals surface area contributed by atoms with Crippen LogP contribution in [0.2, 0.25) is 0 Å². The molecule has 0 spiro atoms. The molecular weight excluding hydrogens is 194 g/mol. The number of benzene rings is 2. The predicted molar refractivity (Wildman–Crippen MR) is 69.2 cm³/mol. The SMILES string of the molecule is CC1CCC(c2ccc3ccccc3c2)=N1. The van der Waals surface area contributed by atoms with Crippen LogP contribution in [-0.2, 0) is 0 Å². The number of nitrogens with zero attached hydrogens (tertiary/aromatic N) is 1. The second kappa shape index (κ2) is 3.75. The average molecular weight is 209 g/mol. The molecule has 1 aliphatic heterocycles. The topological polar surface area (TPSA) is 12.4 Å². The highest BCUT2D eigenvalue weighted by Gasteiger charge is 2.14. The summed E-state index contributed by atoms with van der Waals surface area (Å²) >= 11 is 0. The van der Waals surface area contributed by atoms with Crippen LogP contribution in [0.3, 0.4) is 0 Å². The fourth-order valence-corrected chi connectivity index (χ4v) is 2.33. The molecule has 0 aliphatic carbocycles. The van der Waals surface area contributed by atoms with Crippen molar-refractivity contribution in [3.8, 4) is 0 Å². The predicted octanol–water partition coefficient (Wildman–Crippen LogP) is 3.81. The molecule has 0 saturated carbocycles. The molecule has 0 amide bonds. The van der Waals surface area contributed by atoms with Crippen molar-refractivity contribution in [3.63, 3.8) is 0 Å². The van der Waals surface area contributed by atoms with E-state index in [2.05, 4.69) is 54.4 Å². The maximum absolute atomic E-state index is 4.68. The molecule has 1 nitrogen and oxygen atoms in total. The molecule has 0 bridgehead atoms. The molecule has 0 fully saturated rings. The quantitative estimate of drug-likeness (QED) is 0.677. The summed E-state index contributed by atoms with van der Waals surface area (Å²) in [6.07, 6.45) is 2.32. The molecule has 0 N–H and O–H groups in total. The number of fused-ring (bicyclic) bond motifs is 1. The Morgan fingerprint density at radius 3 is 2.62 bits per heavy atom. The van der Waals surface area contributed by atoms with Crippen LogP contribution < -0.4 is 0 Å². The molecule has 0 aromatic heterocycles. The summed E-state index contributed by atoms with van der Waals surface area (Å²) in [7, 11) is 0. The summed E-state index contributed by atoms with van der Waals surface area (Å²) in [6.45, 7) is 2.19. The van der Waals surface area contributed by atoms with Gasteiger partial charge in [0.1, 0.15) is 0 Å². The first kappa shape index (κ1) is 9.59. The van der Waals surface area contributed by atoms with Gasteiger partial charge < -0.3 is 0 Å². The third kappa shape index (κ3) is 1.63. The Hall–Kier alpha value is -1.63. The van der Waals surface area contributed by atoms with E-state index in [9.17, 15) is 0 Å². The van der Waals surface area contributed by atoms with Crippen molar-refractivity contribution in [1.29, 1.82) is 0 Å². The van der Waals surface area contributed by atoms with Gasteiger partial charge in [-0.15, -0.1) is 0 Å². The summed E-state index contributed by atoms with van der Waals surface area (Å²) in [5.74, 6) is 0. The number of rotatable bonds is 1. The molecule has 16 heavy (non-hydrogen) atoms. The molecule has 1 aliphatic rings. The fraction of sp³-hybridized carbons (Fsp3) is 0.267. The zero-order valence-corrected chi connectivity index (χ0v) is 9.48. The lowest BCUT2D eigenvalue weighted by Crippen LogP contribution is -1.95. The summed E-state index contributed by atoms with van der Waals surface area (Å²) in [6, 6.07) is 15.6. The fourth-order valence-electron chi connectivity index (χ4n) is 2.33. The highest BCUT2D eigenvalue weighted by atomic mass is 14.8. The zero-order valence-electron chi connectivity index (χ0n) is 9.48. The number of aliphatic imine (C=N–C) groups is 1. The smallest absolute Gasteiger partial charge is 0.0478 e. The van der Waals surface area contributed by atoms with E-state index >= 15 is 0 Å². The maximum atomic E-state index is 4.68. The Bertz CT molecular complexity index is 554. The van der Waals surface area contributed by atoms with Gasteiger partial charge in [-0.3, -0.25) is 4.99 Å². The normalized spacial score (nSPS) is 20.1. The average Bonchev–Trinajstić information content (AvgIpc) is 2.75. The Morgan fingerprint density at radius 2 is 1.88 bits per heavy atom. The largest absolute Gasteiger partial charge is 0.286 e. The Balaban J connectivity index is 2.09. The van der Waals surface area contributed by atoms with Crippen LogP contribution in [0.4, 0.5) is 0 Å². The van der Waals surface area contributed by atoms with E-state index in [-0.39, 0.29) is 0 Å². The van der Waals surface area contributed by atoms with Crippen molar-refractivity contribution < 1.29 is 0 Å². The van der Waals surface area contributed by atoms with Gasteiger partial charge in [-0.2, -0.15) is 0 Å². The summed E-state index contributed by atoms with van der Waals surface area (Å²) in [5.41, 5.74) is 2.57. The van der Waals surface area contributed by atoms with Crippen LogP contribution in [0.25, 0.3) is 10.8 Å². The monoisotopic (exact) mass is 209 g/mol. The molecule has 1 unspecified atom stereocenters. The van der Waals surface area contributed by atoms with E-state index in [4.69, 9.17) is 0 Å². The Morgan fingerprint density at radius 1 is 1.06 bits per heavy atom. The molecule has 0 saturated heterocycles. The lowest BCUT2D eigenvalue weighted by Gasteiger charge is -2.03. The molecule has 0 radical (unpaired) electrons. The van der Waals surface area contributed by atoms with Gasteiger partial charge in [-0.05, 0) is 42.2 Å². The number of hydrogen-bond donors (Lipinski definition) is 0.